The number of hydrogen-bond donors (Lipinski definition) is 3. The monoisotopic (exact) mass is 878 g/mol. The first-order valence-electron chi connectivity index (χ1n) is 19.9. The van der Waals surface area contributed by atoms with Gasteiger partial charge < -0.3 is 25.2 Å². The van der Waals surface area contributed by atoms with E-state index < -0.39 is 53.4 Å². The zero-order valence-corrected chi connectivity index (χ0v) is 34.3. The van der Waals surface area contributed by atoms with Crippen LogP contribution < -0.4 is 5.32 Å². The van der Waals surface area contributed by atoms with Gasteiger partial charge in [-0.2, -0.15) is 35.9 Å². The van der Waals surface area contributed by atoms with Gasteiger partial charge in [-0.05, 0) is 90.6 Å². The number of β-amino-alcohol motifs (C(OH)–C–C–N with tert-alkyl or cyclic N) is 2. The van der Waals surface area contributed by atoms with E-state index >= 15 is 0 Å². The number of amides is 1. The van der Waals surface area contributed by atoms with Gasteiger partial charge in [0.1, 0.15) is 17.7 Å². The Morgan fingerprint density at radius 2 is 1.11 bits per heavy atom. The van der Waals surface area contributed by atoms with Crippen molar-refractivity contribution in [2.75, 3.05) is 26.2 Å². The van der Waals surface area contributed by atoms with E-state index in [1.807, 2.05) is 36.4 Å². The third kappa shape index (κ3) is 11.0. The zero-order chi connectivity index (χ0) is 45.1. The Balaban J connectivity index is 0.000000193. The van der Waals surface area contributed by atoms with Gasteiger partial charge in [-0.15, -0.1) is 20.4 Å². The lowest BCUT2D eigenvalue weighted by Crippen LogP contribution is -2.36. The second-order valence-electron chi connectivity index (χ2n) is 16.2. The fourth-order valence-electron chi connectivity index (χ4n) is 7.15. The van der Waals surface area contributed by atoms with Crippen LogP contribution in [0.15, 0.2) is 97.1 Å². The molecule has 2 saturated heterocycles. The Bertz CT molecular complexity index is 2490. The molecule has 0 unspecified atom stereocenters. The van der Waals surface area contributed by atoms with E-state index in [0.717, 1.165) is 46.5 Å². The third-order valence-electron chi connectivity index (χ3n) is 10.4. The molecular weight excluding hydrogens is 835 g/mol. The number of nitrogens with zero attached hydrogens (tertiary/aromatic N) is 9. The van der Waals surface area contributed by atoms with Gasteiger partial charge in [0, 0.05) is 24.2 Å². The van der Waals surface area contributed by atoms with Crippen molar-refractivity contribution < 1.29 is 46.1 Å². The summed E-state index contributed by atoms with van der Waals surface area (Å²) in [6.07, 6.45) is -9.92. The van der Waals surface area contributed by atoms with Crippen LogP contribution in [-0.4, -0.2) is 106 Å². The number of rotatable bonds is 8. The molecule has 4 atom stereocenters. The van der Waals surface area contributed by atoms with Crippen molar-refractivity contribution in [2.45, 2.75) is 75.9 Å². The van der Waals surface area contributed by atoms with E-state index in [4.69, 9.17) is 4.74 Å². The first-order chi connectivity index (χ1) is 29.8. The number of aromatic nitrogens is 8. The van der Waals surface area contributed by atoms with Gasteiger partial charge in [0.25, 0.3) is 0 Å². The van der Waals surface area contributed by atoms with Crippen molar-refractivity contribution in [3.8, 4) is 22.8 Å². The fraction of sp³-hybridized carbons (Fsp3) is 0.372. The number of nitrogens with one attached hydrogen (secondary N) is 1. The quantitative estimate of drug-likeness (QED) is 0.142. The summed E-state index contributed by atoms with van der Waals surface area (Å²) in [6, 6.07) is 24.0. The Morgan fingerprint density at radius 1 is 0.651 bits per heavy atom. The summed E-state index contributed by atoms with van der Waals surface area (Å²) in [7, 11) is 0. The Hall–Kier alpha value is -6.25. The molecule has 0 aliphatic carbocycles. The molecule has 4 heterocycles. The van der Waals surface area contributed by atoms with E-state index in [1.165, 1.54) is 38.8 Å². The summed E-state index contributed by atoms with van der Waals surface area (Å²) in [5.74, 6) is 0.733. The normalized spacial score (nSPS) is 19.2. The van der Waals surface area contributed by atoms with E-state index in [9.17, 15) is 41.4 Å². The number of ether oxygens (including phenoxy) is 1. The number of aliphatic hydroxyl groups is 2. The summed E-state index contributed by atoms with van der Waals surface area (Å²) in [4.78, 5) is 16.5. The fourth-order valence-corrected chi connectivity index (χ4v) is 7.15. The number of halogens is 6. The molecule has 3 N–H and O–H groups in total. The lowest BCUT2D eigenvalue weighted by Gasteiger charge is -2.24. The summed E-state index contributed by atoms with van der Waals surface area (Å²) in [6.45, 7) is 6.59. The van der Waals surface area contributed by atoms with E-state index in [-0.39, 0.29) is 19.1 Å². The Morgan fingerprint density at radius 3 is 1.54 bits per heavy atom. The van der Waals surface area contributed by atoms with E-state index in [0.29, 0.717) is 48.7 Å². The molecule has 14 nitrogen and oxygen atoms in total. The Kier molecular flexibility index (Phi) is 13.0. The van der Waals surface area contributed by atoms with Gasteiger partial charge in [-0.1, -0.05) is 72.8 Å². The maximum atomic E-state index is 12.9. The average molecular weight is 879 g/mol. The highest BCUT2D eigenvalue weighted by Crippen LogP contribution is 2.32. The summed E-state index contributed by atoms with van der Waals surface area (Å²) >= 11 is 0. The molecule has 2 aliphatic rings. The van der Waals surface area contributed by atoms with Crippen molar-refractivity contribution >= 4 is 6.09 Å². The van der Waals surface area contributed by atoms with Crippen molar-refractivity contribution in [3.63, 3.8) is 0 Å². The molecular formula is C43H44F6N10O4. The first kappa shape index (κ1) is 44.8. The first-order valence-corrected chi connectivity index (χ1v) is 19.9. The standard InChI is InChI=1S/C24H26F3N5O3.C19H18F3N5O/c1-23(2,3)35-22(34)31-13-19(20(33)14-31)32-29-21(28-30-32)18-7-5-4-6-16(18)12-15-8-10-17(11-9-15)24(25,26)27;20-19(21,22)14-7-5-12(6-8-14)9-13-3-1-2-4-15(13)18-24-26-27(25-18)16-10-23-11-17(16)28/h4-11,19-20,33H,12-14H2,1-3H3;1-8,16-17,23,28H,9-11H2/t19-,20-;16-,17-/m00/s1. The number of carbonyl (C=O) groups is 1. The van der Waals surface area contributed by atoms with Crippen LogP contribution in [0.4, 0.5) is 31.1 Å². The van der Waals surface area contributed by atoms with Crippen LogP contribution in [0.2, 0.25) is 0 Å². The van der Waals surface area contributed by atoms with Gasteiger partial charge in [0.15, 0.2) is 0 Å². The molecule has 4 aromatic carbocycles. The highest BCUT2D eigenvalue weighted by atomic mass is 19.4. The minimum Gasteiger partial charge on any atom is -0.444 e. The van der Waals surface area contributed by atoms with Crippen LogP contribution in [0.3, 0.4) is 0 Å². The van der Waals surface area contributed by atoms with Gasteiger partial charge in [0.05, 0.1) is 36.4 Å². The van der Waals surface area contributed by atoms with E-state index in [2.05, 4.69) is 36.1 Å². The van der Waals surface area contributed by atoms with Crippen molar-refractivity contribution in [1.82, 2.24) is 50.6 Å². The number of benzene rings is 4. The molecule has 0 bridgehead atoms. The molecule has 2 fully saturated rings. The largest absolute Gasteiger partial charge is 0.444 e. The molecule has 2 aliphatic heterocycles. The summed E-state index contributed by atoms with van der Waals surface area (Å²) in [5, 5.41) is 48.8. The molecule has 0 radical (unpaired) electrons. The smallest absolute Gasteiger partial charge is 0.416 e. The van der Waals surface area contributed by atoms with Crippen LogP contribution in [0.25, 0.3) is 22.8 Å². The predicted molar refractivity (Wildman–Crippen MR) is 216 cm³/mol. The van der Waals surface area contributed by atoms with Crippen molar-refractivity contribution in [3.05, 3.63) is 130 Å². The molecule has 63 heavy (non-hydrogen) atoms. The van der Waals surface area contributed by atoms with Crippen LogP contribution >= 0.6 is 0 Å². The minimum atomic E-state index is -4.39. The van der Waals surface area contributed by atoms with Crippen LogP contribution in [0.5, 0.6) is 0 Å². The summed E-state index contributed by atoms with van der Waals surface area (Å²) in [5.41, 5.74) is 2.56. The SMILES string of the molecule is CC(C)(C)OC(=O)N1C[C@H](O)[C@@H](n2nnc(-c3ccccc3Cc3ccc(C(F)(F)F)cc3)n2)C1.O[C@H]1CNC[C@@H]1n1nnc(-c2ccccc2Cc2ccc(C(F)(F)F)cc2)n1. The van der Waals surface area contributed by atoms with Crippen LogP contribution in [-0.2, 0) is 29.9 Å². The molecule has 20 heteroatoms. The second-order valence-corrected chi connectivity index (χ2v) is 16.2. The maximum absolute atomic E-state index is 12.9. The molecule has 2 aromatic heterocycles. The lowest BCUT2D eigenvalue weighted by atomic mass is 9.98. The minimum absolute atomic E-state index is 0.0843. The van der Waals surface area contributed by atoms with Crippen molar-refractivity contribution in [2.24, 2.45) is 0 Å². The predicted octanol–water partition coefficient (Wildman–Crippen LogP) is 6.56. The number of tetrazole rings is 2. The molecule has 0 spiro atoms. The highest BCUT2D eigenvalue weighted by molar-refractivity contribution is 5.68. The number of hydrogen-bond acceptors (Lipinski definition) is 11. The maximum Gasteiger partial charge on any atom is 0.416 e. The molecule has 332 valence electrons. The highest BCUT2D eigenvalue weighted by Gasteiger charge is 2.39. The van der Waals surface area contributed by atoms with Crippen LogP contribution in [0.1, 0.15) is 66.2 Å². The molecule has 6 aromatic rings. The Labute approximate surface area is 357 Å². The molecule has 0 saturated carbocycles. The van der Waals surface area contributed by atoms with Crippen LogP contribution in [0, 0.1) is 0 Å². The van der Waals surface area contributed by atoms with Gasteiger partial charge in [-0.25, -0.2) is 4.79 Å². The topological polar surface area (TPSA) is 169 Å². The van der Waals surface area contributed by atoms with Gasteiger partial charge >= 0.3 is 18.4 Å². The molecule has 1 amide bonds. The van der Waals surface area contributed by atoms with Gasteiger partial charge in [-0.3, -0.25) is 0 Å². The van der Waals surface area contributed by atoms with Crippen molar-refractivity contribution in [1.29, 1.82) is 0 Å². The zero-order valence-electron chi connectivity index (χ0n) is 34.3. The second kappa shape index (κ2) is 18.2. The lowest BCUT2D eigenvalue weighted by molar-refractivity contribution is -0.138. The number of aliphatic hydroxyl groups excluding tert-OH is 2. The number of alkyl halides is 6. The summed E-state index contributed by atoms with van der Waals surface area (Å²) < 4.78 is 82.2. The number of carbonyl (C=O) groups excluding carboxylic acids is 1. The van der Waals surface area contributed by atoms with E-state index in [1.54, 1.807) is 32.9 Å². The third-order valence-corrected chi connectivity index (χ3v) is 10.4. The van der Waals surface area contributed by atoms with Gasteiger partial charge in [0.2, 0.25) is 11.6 Å². The number of likely N-dealkylation sites (tertiary alicyclic amines) is 1. The molecule has 8 rings (SSSR count). The average Bonchev–Trinajstić information content (AvgIpc) is 4.06.